The fourth-order valence-electron chi connectivity index (χ4n) is 0.666. The molecule has 0 bridgehead atoms. The van der Waals surface area contributed by atoms with Crippen molar-refractivity contribution in [2.75, 3.05) is 0 Å². The van der Waals surface area contributed by atoms with Gasteiger partial charge >= 0.3 is 0 Å². The number of carbonyl (C=O) groups excluding carboxylic acids is 1. The van der Waals surface area contributed by atoms with Gasteiger partial charge in [-0.2, -0.15) is 5.10 Å². The van der Waals surface area contributed by atoms with Gasteiger partial charge in [-0.15, -0.1) is 0 Å². The van der Waals surface area contributed by atoms with E-state index in [4.69, 9.17) is 5.73 Å². The van der Waals surface area contributed by atoms with E-state index in [0.717, 1.165) is 0 Å². The number of allylic oxidation sites excluding steroid dienone is 3. The summed E-state index contributed by atoms with van der Waals surface area (Å²) in [4.78, 5) is 10.7. The van der Waals surface area contributed by atoms with E-state index in [9.17, 15) is 4.79 Å². The number of amides is 1. The lowest BCUT2D eigenvalue weighted by Crippen LogP contribution is -2.23. The van der Waals surface area contributed by atoms with Crippen LogP contribution in [0.25, 0.3) is 0 Å². The molecule has 0 saturated heterocycles. The summed E-state index contributed by atoms with van der Waals surface area (Å²) in [5.41, 5.74) is 5.15. The second-order valence-corrected chi connectivity index (χ2v) is 2.15. The van der Waals surface area contributed by atoms with Crippen LogP contribution in [0, 0.1) is 0 Å². The first kappa shape index (κ1) is 8.26. The van der Waals surface area contributed by atoms with E-state index in [1.807, 2.05) is 0 Å². The molecule has 0 fully saturated rings. The Bertz CT molecular complexity index is 273. The van der Waals surface area contributed by atoms with Crippen molar-refractivity contribution >= 4 is 12.1 Å². The molecule has 0 aliphatic carbocycles. The Labute approximate surface area is 70.3 Å². The van der Waals surface area contributed by atoms with Gasteiger partial charge in [-0.1, -0.05) is 12.7 Å². The zero-order valence-electron chi connectivity index (χ0n) is 6.47. The van der Waals surface area contributed by atoms with Crippen molar-refractivity contribution in [3.63, 3.8) is 0 Å². The van der Waals surface area contributed by atoms with Gasteiger partial charge in [0.25, 0.3) is 5.91 Å². The minimum atomic E-state index is -0.585. The van der Waals surface area contributed by atoms with Gasteiger partial charge in [0.2, 0.25) is 0 Å². The van der Waals surface area contributed by atoms with Crippen molar-refractivity contribution in [1.82, 2.24) is 5.01 Å². The van der Waals surface area contributed by atoms with Crippen molar-refractivity contribution in [1.29, 1.82) is 0 Å². The Morgan fingerprint density at radius 2 is 2.17 bits per heavy atom. The van der Waals surface area contributed by atoms with Crippen LogP contribution < -0.4 is 5.73 Å². The number of carbonyl (C=O) groups is 1. The maximum atomic E-state index is 10.7. The third-order valence-corrected chi connectivity index (χ3v) is 1.29. The molecule has 0 saturated carbocycles. The van der Waals surface area contributed by atoms with Crippen LogP contribution in [-0.2, 0) is 4.79 Å². The zero-order valence-corrected chi connectivity index (χ0v) is 6.47. The summed E-state index contributed by atoms with van der Waals surface area (Å²) in [5.74, 6) is -0.585. The van der Waals surface area contributed by atoms with Gasteiger partial charge < -0.3 is 5.73 Å². The van der Waals surface area contributed by atoms with Crippen LogP contribution in [0.3, 0.4) is 0 Å². The Hall–Kier alpha value is -1.84. The van der Waals surface area contributed by atoms with Crippen LogP contribution in [0.4, 0.5) is 0 Å². The van der Waals surface area contributed by atoms with Crippen LogP contribution in [0.15, 0.2) is 41.8 Å². The molecule has 62 valence electrons. The van der Waals surface area contributed by atoms with Gasteiger partial charge in [-0.05, 0) is 12.2 Å². The predicted molar refractivity (Wildman–Crippen MR) is 46.9 cm³/mol. The number of hydrazone groups is 1. The third kappa shape index (κ3) is 1.82. The summed E-state index contributed by atoms with van der Waals surface area (Å²) in [7, 11) is 0. The third-order valence-electron chi connectivity index (χ3n) is 1.29. The van der Waals surface area contributed by atoms with Gasteiger partial charge in [-0.25, -0.2) is 5.01 Å². The zero-order chi connectivity index (χ0) is 8.97. The van der Waals surface area contributed by atoms with Crippen LogP contribution in [0.2, 0.25) is 0 Å². The smallest absolute Gasteiger partial charge is 0.266 e. The molecule has 1 heterocycles. The number of nitrogens with zero attached hydrogens (tertiary/aromatic N) is 2. The van der Waals surface area contributed by atoms with Crippen LogP contribution in [0.5, 0.6) is 0 Å². The lowest BCUT2D eigenvalue weighted by Gasteiger charge is -2.12. The molecule has 4 heteroatoms. The number of hydrogen-bond donors (Lipinski definition) is 1. The summed E-state index contributed by atoms with van der Waals surface area (Å²) in [6.45, 7) is 3.48. The molecule has 4 nitrogen and oxygen atoms in total. The highest BCUT2D eigenvalue weighted by atomic mass is 16.1. The molecule has 1 aliphatic heterocycles. The average molecular weight is 163 g/mol. The molecule has 0 unspecified atom stereocenters. The summed E-state index contributed by atoms with van der Waals surface area (Å²) >= 11 is 0. The second-order valence-electron chi connectivity index (χ2n) is 2.15. The molecule has 1 aliphatic rings. The Kier molecular flexibility index (Phi) is 2.42. The first-order chi connectivity index (χ1) is 5.72. The van der Waals surface area contributed by atoms with E-state index in [2.05, 4.69) is 11.7 Å². The molecule has 0 aromatic heterocycles. The molecule has 0 aromatic rings. The van der Waals surface area contributed by atoms with Crippen molar-refractivity contribution in [2.45, 2.75) is 0 Å². The van der Waals surface area contributed by atoms with Crippen molar-refractivity contribution < 1.29 is 4.79 Å². The highest BCUT2D eigenvalue weighted by Gasteiger charge is 2.07. The molecule has 0 atom stereocenters. The van der Waals surface area contributed by atoms with Gasteiger partial charge in [0.1, 0.15) is 5.70 Å². The summed E-state index contributed by atoms with van der Waals surface area (Å²) in [5, 5.41) is 5.20. The fraction of sp³-hybridized carbons (Fsp3) is 0. The molecule has 2 N–H and O–H groups in total. The average Bonchev–Trinajstić information content (AvgIpc) is 2.30. The normalized spacial score (nSPS) is 14.5. The molecule has 12 heavy (non-hydrogen) atoms. The maximum Gasteiger partial charge on any atom is 0.266 e. The van der Waals surface area contributed by atoms with Gasteiger partial charge in [-0.3, -0.25) is 4.79 Å². The van der Waals surface area contributed by atoms with Gasteiger partial charge in [0.15, 0.2) is 0 Å². The lowest BCUT2D eigenvalue weighted by molar-refractivity contribution is -0.115. The van der Waals surface area contributed by atoms with E-state index < -0.39 is 5.91 Å². The van der Waals surface area contributed by atoms with E-state index in [-0.39, 0.29) is 5.70 Å². The SMILES string of the molecule is C=C(C(N)=O)N1C=CC=CC=N1. The van der Waals surface area contributed by atoms with Crippen molar-refractivity contribution in [3.05, 3.63) is 36.7 Å². The van der Waals surface area contributed by atoms with Crippen LogP contribution in [0.1, 0.15) is 0 Å². The highest BCUT2D eigenvalue weighted by Crippen LogP contribution is 2.04. The maximum absolute atomic E-state index is 10.7. The number of nitrogens with two attached hydrogens (primary N) is 1. The molecule has 0 radical (unpaired) electrons. The first-order valence-electron chi connectivity index (χ1n) is 3.37. The standard InChI is InChI=1S/C8H9N3O/c1-7(8(9)12)11-6-4-2-3-5-10-11/h2-6H,1H2,(H2,9,12). The summed E-state index contributed by atoms with van der Waals surface area (Å²) in [6.07, 6.45) is 8.42. The van der Waals surface area contributed by atoms with Crippen LogP contribution >= 0.6 is 0 Å². The van der Waals surface area contributed by atoms with E-state index >= 15 is 0 Å². The number of hydrogen-bond acceptors (Lipinski definition) is 3. The van der Waals surface area contributed by atoms with E-state index in [0.29, 0.717) is 0 Å². The van der Waals surface area contributed by atoms with Crippen molar-refractivity contribution in [2.24, 2.45) is 10.8 Å². The lowest BCUT2D eigenvalue weighted by atomic mass is 10.4. The molecule has 1 amide bonds. The molecular weight excluding hydrogens is 154 g/mol. The Morgan fingerprint density at radius 3 is 2.83 bits per heavy atom. The van der Waals surface area contributed by atoms with Gasteiger partial charge in [0, 0.05) is 12.4 Å². The number of primary amides is 1. The monoisotopic (exact) mass is 163 g/mol. The second kappa shape index (κ2) is 3.52. The highest BCUT2D eigenvalue weighted by molar-refractivity contribution is 5.91. The largest absolute Gasteiger partial charge is 0.364 e. The number of rotatable bonds is 2. The van der Waals surface area contributed by atoms with Crippen LogP contribution in [-0.4, -0.2) is 17.1 Å². The van der Waals surface area contributed by atoms with Gasteiger partial charge in [0.05, 0.1) is 0 Å². The minimum Gasteiger partial charge on any atom is -0.364 e. The Balaban J connectivity index is 2.77. The summed E-state index contributed by atoms with van der Waals surface area (Å²) in [6, 6.07) is 0. The molecule has 0 aromatic carbocycles. The predicted octanol–water partition coefficient (Wildman–Crippen LogP) is 0.357. The minimum absolute atomic E-state index is 0.145. The molecular formula is C8H9N3O. The topological polar surface area (TPSA) is 58.7 Å². The molecule has 0 spiro atoms. The quantitative estimate of drug-likeness (QED) is 0.597. The fourth-order valence-corrected chi connectivity index (χ4v) is 0.666. The van der Waals surface area contributed by atoms with E-state index in [1.165, 1.54) is 5.01 Å². The van der Waals surface area contributed by atoms with E-state index in [1.54, 1.807) is 30.6 Å². The molecule has 1 rings (SSSR count). The van der Waals surface area contributed by atoms with Crippen molar-refractivity contribution in [3.8, 4) is 0 Å². The first-order valence-corrected chi connectivity index (χ1v) is 3.37. The Morgan fingerprint density at radius 1 is 1.42 bits per heavy atom. The summed E-state index contributed by atoms with van der Waals surface area (Å²) < 4.78 is 0.